The number of ether oxygens (including phenoxy) is 1. The van der Waals surface area contributed by atoms with Crippen LogP contribution in [0.2, 0.25) is 5.02 Å². The lowest BCUT2D eigenvalue weighted by Gasteiger charge is -2.40. The van der Waals surface area contributed by atoms with Gasteiger partial charge in [-0.3, -0.25) is 9.78 Å². The topological polar surface area (TPSA) is 42.4 Å². The standard InChI is InChI=1S/C22H28Cl2N2O2.ClH/c1-2-28-21(27)22(10-13-26(14-11-22)15-12-23)9-5-7-17-18-6-3-4-8-20(18)25-16-19(17)24;/h3-4,6,8,16H,2,5,7,9-15H2,1H3;1H. The third-order valence-corrected chi connectivity index (χ3v) is 6.33. The van der Waals surface area contributed by atoms with E-state index in [9.17, 15) is 4.79 Å². The normalized spacial score (nSPS) is 16.4. The highest BCUT2D eigenvalue weighted by Gasteiger charge is 2.42. The van der Waals surface area contributed by atoms with Crippen LogP contribution in [0, 0.1) is 5.41 Å². The van der Waals surface area contributed by atoms with Crippen molar-refractivity contribution < 1.29 is 9.53 Å². The molecule has 3 rings (SSSR count). The largest absolute Gasteiger partial charge is 0.466 e. The predicted octanol–water partition coefficient (Wildman–Crippen LogP) is 5.52. The first-order chi connectivity index (χ1) is 13.6. The minimum atomic E-state index is -0.395. The number of aromatic nitrogens is 1. The molecule has 4 nitrogen and oxygen atoms in total. The Bertz CT molecular complexity index is 808. The Morgan fingerprint density at radius 3 is 2.69 bits per heavy atom. The number of aryl methyl sites for hydroxylation is 1. The van der Waals surface area contributed by atoms with Gasteiger partial charge in [-0.15, -0.1) is 24.0 Å². The van der Waals surface area contributed by atoms with Gasteiger partial charge in [0.05, 0.1) is 22.6 Å². The summed E-state index contributed by atoms with van der Waals surface area (Å²) in [6, 6.07) is 8.06. The van der Waals surface area contributed by atoms with Crippen LogP contribution in [0.3, 0.4) is 0 Å². The van der Waals surface area contributed by atoms with Gasteiger partial charge in [0.15, 0.2) is 0 Å². The monoisotopic (exact) mass is 458 g/mol. The van der Waals surface area contributed by atoms with E-state index >= 15 is 0 Å². The first-order valence-electron chi connectivity index (χ1n) is 10.1. The van der Waals surface area contributed by atoms with Crippen molar-refractivity contribution in [2.24, 2.45) is 5.41 Å². The van der Waals surface area contributed by atoms with Crippen molar-refractivity contribution in [3.63, 3.8) is 0 Å². The molecule has 2 aromatic rings. The van der Waals surface area contributed by atoms with E-state index in [1.165, 1.54) is 0 Å². The zero-order valence-electron chi connectivity index (χ0n) is 16.8. The predicted molar refractivity (Wildman–Crippen MR) is 122 cm³/mol. The van der Waals surface area contributed by atoms with Gasteiger partial charge in [0.2, 0.25) is 0 Å². The first kappa shape index (κ1) is 24.2. The molecule has 0 aliphatic carbocycles. The number of rotatable bonds is 8. The Labute approximate surface area is 189 Å². The average Bonchev–Trinajstić information content (AvgIpc) is 2.71. The average molecular weight is 460 g/mol. The van der Waals surface area contributed by atoms with Crippen molar-refractivity contribution in [1.82, 2.24) is 9.88 Å². The van der Waals surface area contributed by atoms with Crippen molar-refractivity contribution >= 4 is 52.5 Å². The molecule has 1 saturated heterocycles. The van der Waals surface area contributed by atoms with Crippen LogP contribution in [-0.2, 0) is 16.0 Å². The smallest absolute Gasteiger partial charge is 0.312 e. The fourth-order valence-corrected chi connectivity index (χ4v) is 4.68. The summed E-state index contributed by atoms with van der Waals surface area (Å²) < 4.78 is 5.46. The second kappa shape index (κ2) is 11.4. The molecule has 0 unspecified atom stereocenters. The summed E-state index contributed by atoms with van der Waals surface area (Å²) in [6.45, 7) is 4.96. The first-order valence-corrected chi connectivity index (χ1v) is 11.0. The lowest BCUT2D eigenvalue weighted by Crippen LogP contribution is -2.45. The van der Waals surface area contributed by atoms with Crippen LogP contribution in [0.4, 0.5) is 0 Å². The van der Waals surface area contributed by atoms with Crippen molar-refractivity contribution in [3.8, 4) is 0 Å². The van der Waals surface area contributed by atoms with Gasteiger partial charge in [0.1, 0.15) is 0 Å². The Morgan fingerprint density at radius 2 is 2.00 bits per heavy atom. The number of halogens is 3. The van der Waals surface area contributed by atoms with Gasteiger partial charge >= 0.3 is 5.97 Å². The number of carbonyl (C=O) groups excluding carboxylic acids is 1. The Hall–Kier alpha value is -1.07. The SMILES string of the molecule is CCOC(=O)C1(CCCc2c(Cl)cnc3ccccc23)CCN(CCCl)CC1.Cl. The van der Waals surface area contributed by atoms with Gasteiger partial charge in [0.25, 0.3) is 0 Å². The second-order valence-electron chi connectivity index (χ2n) is 7.49. The number of pyridine rings is 1. The molecule has 1 aliphatic rings. The summed E-state index contributed by atoms with van der Waals surface area (Å²) in [4.78, 5) is 19.5. The summed E-state index contributed by atoms with van der Waals surface area (Å²) in [6.07, 6.45) is 5.91. The molecule has 1 aromatic heterocycles. The van der Waals surface area contributed by atoms with E-state index in [2.05, 4.69) is 16.0 Å². The van der Waals surface area contributed by atoms with E-state index in [0.29, 0.717) is 17.5 Å². The summed E-state index contributed by atoms with van der Waals surface area (Å²) in [5.41, 5.74) is 1.68. The van der Waals surface area contributed by atoms with Crippen LogP contribution in [0.1, 0.15) is 38.2 Å². The van der Waals surface area contributed by atoms with Gasteiger partial charge in [-0.2, -0.15) is 0 Å². The summed E-state index contributed by atoms with van der Waals surface area (Å²) in [5.74, 6) is 0.575. The number of piperidine rings is 1. The molecule has 1 aliphatic heterocycles. The van der Waals surface area contributed by atoms with E-state index in [4.69, 9.17) is 27.9 Å². The van der Waals surface area contributed by atoms with Crippen molar-refractivity contribution in [3.05, 3.63) is 41.0 Å². The molecule has 0 bridgehead atoms. The molecule has 160 valence electrons. The highest BCUT2D eigenvalue weighted by molar-refractivity contribution is 6.32. The molecule has 7 heteroatoms. The number of likely N-dealkylation sites (tertiary alicyclic amines) is 1. The fraction of sp³-hybridized carbons (Fsp3) is 0.545. The second-order valence-corrected chi connectivity index (χ2v) is 8.27. The van der Waals surface area contributed by atoms with E-state index in [1.807, 2.05) is 25.1 Å². The molecular formula is C22H29Cl3N2O2. The third kappa shape index (κ3) is 5.75. The zero-order chi connectivity index (χ0) is 20.0. The van der Waals surface area contributed by atoms with E-state index in [0.717, 1.165) is 68.2 Å². The van der Waals surface area contributed by atoms with Gasteiger partial charge in [-0.25, -0.2) is 0 Å². The molecular weight excluding hydrogens is 431 g/mol. The Balaban J connectivity index is 0.00000300. The molecule has 0 N–H and O–H groups in total. The number of benzene rings is 1. The van der Waals surface area contributed by atoms with Crippen LogP contribution in [-0.4, -0.2) is 48.0 Å². The quantitative estimate of drug-likeness (QED) is 0.385. The number of fused-ring (bicyclic) bond motifs is 1. The van der Waals surface area contributed by atoms with Crippen LogP contribution >= 0.6 is 35.6 Å². The van der Waals surface area contributed by atoms with Gasteiger partial charge in [-0.05, 0) is 63.7 Å². The number of nitrogens with zero attached hydrogens (tertiary/aromatic N) is 2. The lowest BCUT2D eigenvalue weighted by molar-refractivity contribution is -0.159. The van der Waals surface area contributed by atoms with E-state index in [1.54, 1.807) is 6.20 Å². The number of esters is 1. The maximum atomic E-state index is 12.8. The van der Waals surface area contributed by atoms with Crippen LogP contribution < -0.4 is 0 Å². The van der Waals surface area contributed by atoms with Crippen LogP contribution in [0.25, 0.3) is 10.9 Å². The fourth-order valence-electron chi connectivity index (χ4n) is 4.20. The molecule has 1 aromatic carbocycles. The van der Waals surface area contributed by atoms with Crippen molar-refractivity contribution in [2.75, 3.05) is 32.1 Å². The number of hydrogen-bond donors (Lipinski definition) is 0. The lowest BCUT2D eigenvalue weighted by atomic mass is 9.74. The highest BCUT2D eigenvalue weighted by atomic mass is 35.5. The molecule has 0 amide bonds. The molecule has 1 fully saturated rings. The molecule has 0 radical (unpaired) electrons. The van der Waals surface area contributed by atoms with Gasteiger partial charge in [0, 0.05) is 24.0 Å². The Kier molecular flexibility index (Phi) is 9.48. The van der Waals surface area contributed by atoms with E-state index < -0.39 is 5.41 Å². The molecule has 0 saturated carbocycles. The van der Waals surface area contributed by atoms with E-state index in [-0.39, 0.29) is 18.4 Å². The maximum Gasteiger partial charge on any atom is 0.312 e. The van der Waals surface area contributed by atoms with Crippen molar-refractivity contribution in [2.45, 2.75) is 39.0 Å². The maximum absolute atomic E-state index is 12.8. The summed E-state index contributed by atoms with van der Waals surface area (Å²) in [7, 11) is 0. The number of para-hydroxylation sites is 1. The zero-order valence-corrected chi connectivity index (χ0v) is 19.2. The number of alkyl halides is 1. The summed E-state index contributed by atoms with van der Waals surface area (Å²) in [5, 5.41) is 1.79. The van der Waals surface area contributed by atoms with Gasteiger partial charge in [-0.1, -0.05) is 29.8 Å². The number of carbonyl (C=O) groups is 1. The summed E-state index contributed by atoms with van der Waals surface area (Å²) >= 11 is 12.3. The third-order valence-electron chi connectivity index (χ3n) is 5.84. The van der Waals surface area contributed by atoms with Crippen LogP contribution in [0.15, 0.2) is 30.5 Å². The Morgan fingerprint density at radius 1 is 1.28 bits per heavy atom. The molecule has 29 heavy (non-hydrogen) atoms. The van der Waals surface area contributed by atoms with Crippen molar-refractivity contribution in [1.29, 1.82) is 0 Å². The minimum Gasteiger partial charge on any atom is -0.466 e. The highest BCUT2D eigenvalue weighted by Crippen LogP contribution is 2.38. The molecule has 2 heterocycles. The number of hydrogen-bond acceptors (Lipinski definition) is 4. The minimum absolute atomic E-state index is 0. The molecule has 0 atom stereocenters. The van der Waals surface area contributed by atoms with Gasteiger partial charge < -0.3 is 9.64 Å². The van der Waals surface area contributed by atoms with Crippen LogP contribution in [0.5, 0.6) is 0 Å². The molecule has 0 spiro atoms.